The van der Waals surface area contributed by atoms with Crippen molar-refractivity contribution in [3.05, 3.63) is 88.2 Å². The number of carbonyl (C=O) groups is 2. The van der Waals surface area contributed by atoms with Crippen LogP contribution in [0.4, 0.5) is 5.13 Å². The molecule has 0 unspecified atom stereocenters. The number of thioether (sulfide) groups is 1. The number of thiazole rings is 1. The molecule has 0 aliphatic carbocycles. The summed E-state index contributed by atoms with van der Waals surface area (Å²) in [5.41, 5.74) is 3.75. The van der Waals surface area contributed by atoms with Crippen molar-refractivity contribution in [3.8, 4) is 11.3 Å². The molecule has 2 aromatic carbocycles. The van der Waals surface area contributed by atoms with Crippen molar-refractivity contribution in [2.75, 3.05) is 11.9 Å². The van der Waals surface area contributed by atoms with Gasteiger partial charge in [0.05, 0.1) is 10.6 Å². The third-order valence-electron chi connectivity index (χ3n) is 4.55. The highest BCUT2D eigenvalue weighted by Crippen LogP contribution is 2.32. The van der Waals surface area contributed by atoms with Gasteiger partial charge in [-0.05, 0) is 24.1 Å². The van der Waals surface area contributed by atoms with Crippen molar-refractivity contribution in [2.24, 2.45) is 0 Å². The van der Waals surface area contributed by atoms with Gasteiger partial charge < -0.3 is 5.32 Å². The molecule has 0 radical (unpaired) electrons. The number of allylic oxidation sites excluding steroid dienone is 2. The van der Waals surface area contributed by atoms with Gasteiger partial charge in [0.2, 0.25) is 5.91 Å². The lowest BCUT2D eigenvalue weighted by molar-refractivity contribution is -0.126. The Hall–Kier alpha value is -3.07. The van der Waals surface area contributed by atoms with Crippen molar-refractivity contribution in [2.45, 2.75) is 6.92 Å². The molecule has 1 aliphatic rings. The molecule has 2 heterocycles. The van der Waals surface area contributed by atoms with Crippen LogP contribution in [0.3, 0.4) is 0 Å². The molecule has 5 nitrogen and oxygen atoms in total. The van der Waals surface area contributed by atoms with Gasteiger partial charge in [0.15, 0.2) is 5.13 Å². The number of amides is 2. The molecule has 1 aliphatic heterocycles. The van der Waals surface area contributed by atoms with E-state index in [0.717, 1.165) is 22.4 Å². The maximum Gasteiger partial charge on any atom is 0.266 e. The molecule has 1 aromatic heterocycles. The number of thiocarbonyl (C=S) groups is 1. The van der Waals surface area contributed by atoms with Crippen LogP contribution < -0.4 is 5.32 Å². The van der Waals surface area contributed by atoms with E-state index in [1.54, 1.807) is 6.08 Å². The molecule has 32 heavy (non-hydrogen) atoms. The van der Waals surface area contributed by atoms with Crippen molar-refractivity contribution < 1.29 is 9.59 Å². The first kappa shape index (κ1) is 22.1. The SMILES string of the molecule is CC(/C=C1\SC(=S)N(CC(=O)Nc2nc(-c3ccccc3)cs2)C1=O)=C\c1ccccc1. The van der Waals surface area contributed by atoms with E-state index in [2.05, 4.69) is 10.3 Å². The normalized spacial score (nSPS) is 15.5. The summed E-state index contributed by atoms with van der Waals surface area (Å²) in [4.78, 5) is 31.6. The fourth-order valence-electron chi connectivity index (χ4n) is 3.07. The topological polar surface area (TPSA) is 62.3 Å². The van der Waals surface area contributed by atoms with Crippen molar-refractivity contribution in [1.29, 1.82) is 0 Å². The standard InChI is InChI=1S/C24H19N3O2S3/c1-16(12-17-8-4-2-5-9-17)13-20-22(29)27(24(30)32-20)14-21(28)26-23-25-19(15-31-23)18-10-6-3-7-11-18/h2-13,15H,14H2,1H3,(H,25,26,28)/b16-12+,20-13-. The molecule has 0 atom stereocenters. The number of rotatable bonds is 6. The first-order valence-electron chi connectivity index (χ1n) is 9.79. The van der Waals surface area contributed by atoms with Crippen LogP contribution in [0.1, 0.15) is 12.5 Å². The second-order valence-corrected chi connectivity index (χ2v) is 9.55. The predicted molar refractivity (Wildman–Crippen MR) is 136 cm³/mol. The van der Waals surface area contributed by atoms with Gasteiger partial charge in [0.1, 0.15) is 10.9 Å². The Morgan fingerprint density at radius 1 is 1.12 bits per heavy atom. The van der Waals surface area contributed by atoms with Gasteiger partial charge in [-0.15, -0.1) is 11.3 Å². The zero-order valence-electron chi connectivity index (χ0n) is 17.1. The Labute approximate surface area is 199 Å². The van der Waals surface area contributed by atoms with Gasteiger partial charge in [-0.3, -0.25) is 14.5 Å². The average molecular weight is 478 g/mol. The summed E-state index contributed by atoms with van der Waals surface area (Å²) in [7, 11) is 0. The van der Waals surface area contributed by atoms with Gasteiger partial charge in [-0.25, -0.2) is 4.98 Å². The molecule has 0 spiro atoms. The van der Waals surface area contributed by atoms with Crippen LogP contribution in [-0.2, 0) is 9.59 Å². The van der Waals surface area contributed by atoms with E-state index in [1.165, 1.54) is 28.0 Å². The first-order chi connectivity index (χ1) is 15.5. The van der Waals surface area contributed by atoms with E-state index in [-0.39, 0.29) is 18.4 Å². The predicted octanol–water partition coefficient (Wildman–Crippen LogP) is 5.60. The number of aromatic nitrogens is 1. The van der Waals surface area contributed by atoms with E-state index >= 15 is 0 Å². The Morgan fingerprint density at radius 3 is 2.53 bits per heavy atom. The van der Waals surface area contributed by atoms with Crippen molar-refractivity contribution in [1.82, 2.24) is 9.88 Å². The van der Waals surface area contributed by atoms with Crippen LogP contribution in [-0.4, -0.2) is 32.6 Å². The summed E-state index contributed by atoms with van der Waals surface area (Å²) in [5, 5.41) is 5.13. The van der Waals surface area contributed by atoms with Crippen LogP contribution in [0, 0.1) is 0 Å². The molecule has 0 bridgehead atoms. The molecule has 2 amide bonds. The monoisotopic (exact) mass is 477 g/mol. The Morgan fingerprint density at radius 2 is 1.81 bits per heavy atom. The number of nitrogens with zero attached hydrogens (tertiary/aromatic N) is 2. The van der Waals surface area contributed by atoms with E-state index in [1.807, 2.05) is 79.0 Å². The minimum Gasteiger partial charge on any atom is -0.300 e. The number of hydrogen-bond donors (Lipinski definition) is 1. The zero-order chi connectivity index (χ0) is 22.5. The minimum absolute atomic E-state index is 0.149. The summed E-state index contributed by atoms with van der Waals surface area (Å²) >= 11 is 7.89. The second-order valence-electron chi connectivity index (χ2n) is 7.02. The summed E-state index contributed by atoms with van der Waals surface area (Å²) in [6.07, 6.45) is 3.79. The van der Waals surface area contributed by atoms with Crippen molar-refractivity contribution >= 4 is 62.7 Å². The van der Waals surface area contributed by atoms with Gasteiger partial charge >= 0.3 is 0 Å². The third kappa shape index (κ3) is 5.40. The first-order valence-corrected chi connectivity index (χ1v) is 11.9. The maximum atomic E-state index is 12.8. The average Bonchev–Trinajstić information content (AvgIpc) is 3.35. The fourth-order valence-corrected chi connectivity index (χ4v) is 5.11. The van der Waals surface area contributed by atoms with Crippen LogP contribution in [0.2, 0.25) is 0 Å². The Bertz CT molecular complexity index is 1220. The lowest BCUT2D eigenvalue weighted by atomic mass is 10.1. The molecule has 3 aromatic rings. The smallest absolute Gasteiger partial charge is 0.266 e. The van der Waals surface area contributed by atoms with E-state index < -0.39 is 0 Å². The molecule has 1 saturated heterocycles. The van der Waals surface area contributed by atoms with Gasteiger partial charge in [-0.1, -0.05) is 90.7 Å². The fraction of sp³-hybridized carbons (Fsp3) is 0.0833. The largest absolute Gasteiger partial charge is 0.300 e. The molecule has 160 valence electrons. The molecular formula is C24H19N3O2S3. The molecule has 1 fully saturated rings. The van der Waals surface area contributed by atoms with E-state index in [4.69, 9.17) is 12.2 Å². The maximum absolute atomic E-state index is 12.8. The molecular weight excluding hydrogens is 458 g/mol. The summed E-state index contributed by atoms with van der Waals surface area (Å²) < 4.78 is 0.369. The highest BCUT2D eigenvalue weighted by atomic mass is 32.2. The van der Waals surface area contributed by atoms with E-state index in [0.29, 0.717) is 14.4 Å². The van der Waals surface area contributed by atoms with Crippen molar-refractivity contribution in [3.63, 3.8) is 0 Å². The Kier molecular flexibility index (Phi) is 6.94. The van der Waals surface area contributed by atoms with Crippen LogP contribution >= 0.6 is 35.3 Å². The van der Waals surface area contributed by atoms with Crippen LogP contribution in [0.25, 0.3) is 17.3 Å². The summed E-state index contributed by atoms with van der Waals surface area (Å²) in [6.45, 7) is 1.78. The zero-order valence-corrected chi connectivity index (χ0v) is 19.6. The highest BCUT2D eigenvalue weighted by Gasteiger charge is 2.33. The molecule has 8 heteroatoms. The van der Waals surface area contributed by atoms with Gasteiger partial charge in [-0.2, -0.15) is 0 Å². The van der Waals surface area contributed by atoms with E-state index in [9.17, 15) is 9.59 Å². The summed E-state index contributed by atoms with van der Waals surface area (Å²) in [6, 6.07) is 19.6. The van der Waals surface area contributed by atoms with Crippen LogP contribution in [0.5, 0.6) is 0 Å². The molecule has 1 N–H and O–H groups in total. The van der Waals surface area contributed by atoms with Crippen LogP contribution in [0.15, 0.2) is 82.6 Å². The number of carbonyl (C=O) groups excluding carboxylic acids is 2. The number of nitrogens with one attached hydrogen (secondary N) is 1. The quantitative estimate of drug-likeness (QED) is 0.370. The molecule has 0 saturated carbocycles. The van der Waals surface area contributed by atoms with Gasteiger partial charge in [0, 0.05) is 10.9 Å². The highest BCUT2D eigenvalue weighted by molar-refractivity contribution is 8.26. The third-order valence-corrected chi connectivity index (χ3v) is 6.68. The van der Waals surface area contributed by atoms with Gasteiger partial charge in [0.25, 0.3) is 5.91 Å². The molecule has 4 rings (SSSR count). The number of benzene rings is 2. The lowest BCUT2D eigenvalue weighted by Crippen LogP contribution is -2.36. The summed E-state index contributed by atoms with van der Waals surface area (Å²) in [5.74, 6) is -0.604. The second kappa shape index (κ2) is 10.0. The number of anilines is 1. The Balaban J connectivity index is 1.40. The lowest BCUT2D eigenvalue weighted by Gasteiger charge is -2.13. The number of hydrogen-bond acceptors (Lipinski definition) is 6. The minimum atomic E-state index is -0.340.